The van der Waals surface area contributed by atoms with Crippen LogP contribution < -0.4 is 5.32 Å². The first-order valence-electron chi connectivity index (χ1n) is 7.13. The summed E-state index contributed by atoms with van der Waals surface area (Å²) in [7, 11) is -0.298. The van der Waals surface area contributed by atoms with Crippen molar-refractivity contribution in [1.29, 1.82) is 0 Å². The first kappa shape index (κ1) is 20.3. The van der Waals surface area contributed by atoms with E-state index in [0.29, 0.717) is 10.6 Å². The molecule has 0 saturated carbocycles. The van der Waals surface area contributed by atoms with E-state index >= 15 is 0 Å². The standard InChI is InChI=1S/C15H23N3O2S2.ClH/c1-15(2)10-16-14(17-11-15)21-9-12-6-5-7-13(8-12)22(19,20)18(3)4;/h5-8H,9-11H2,1-4H3,(H,16,17);1H. The van der Waals surface area contributed by atoms with Crippen molar-refractivity contribution in [2.24, 2.45) is 10.4 Å². The molecule has 2 rings (SSSR count). The maximum atomic E-state index is 12.1. The summed E-state index contributed by atoms with van der Waals surface area (Å²) in [4.78, 5) is 4.87. The number of rotatable bonds is 4. The van der Waals surface area contributed by atoms with Crippen LogP contribution in [0, 0.1) is 5.41 Å². The fourth-order valence-corrected chi connectivity index (χ4v) is 3.75. The lowest BCUT2D eigenvalue weighted by Gasteiger charge is -2.28. The van der Waals surface area contributed by atoms with Crippen molar-refractivity contribution < 1.29 is 8.42 Å². The maximum Gasteiger partial charge on any atom is 0.242 e. The van der Waals surface area contributed by atoms with Crippen LogP contribution in [0.5, 0.6) is 0 Å². The highest BCUT2D eigenvalue weighted by Gasteiger charge is 2.22. The predicted octanol–water partition coefficient (Wildman–Crippen LogP) is 2.58. The molecule has 0 bridgehead atoms. The van der Waals surface area contributed by atoms with Gasteiger partial charge in [0.1, 0.15) is 0 Å². The summed E-state index contributed by atoms with van der Waals surface area (Å²) >= 11 is 1.61. The zero-order valence-corrected chi connectivity index (χ0v) is 16.3. The lowest BCUT2D eigenvalue weighted by molar-refractivity contribution is 0.364. The number of halogens is 1. The Kier molecular flexibility index (Phi) is 6.95. The van der Waals surface area contributed by atoms with Gasteiger partial charge < -0.3 is 5.32 Å². The topological polar surface area (TPSA) is 61.8 Å². The fraction of sp³-hybridized carbons (Fsp3) is 0.533. The van der Waals surface area contributed by atoms with E-state index in [1.54, 1.807) is 44.1 Å². The van der Waals surface area contributed by atoms with E-state index < -0.39 is 10.0 Å². The van der Waals surface area contributed by atoms with Crippen molar-refractivity contribution in [1.82, 2.24) is 9.62 Å². The Balaban J connectivity index is 0.00000264. The van der Waals surface area contributed by atoms with Crippen LogP contribution in [0.25, 0.3) is 0 Å². The minimum absolute atomic E-state index is 0. The molecule has 8 heteroatoms. The van der Waals surface area contributed by atoms with Crippen LogP contribution in [-0.4, -0.2) is 45.1 Å². The van der Waals surface area contributed by atoms with Crippen molar-refractivity contribution in [3.05, 3.63) is 29.8 Å². The van der Waals surface area contributed by atoms with Gasteiger partial charge in [-0.15, -0.1) is 12.4 Å². The number of thioether (sulfide) groups is 1. The van der Waals surface area contributed by atoms with Crippen LogP contribution in [0.4, 0.5) is 0 Å². The van der Waals surface area contributed by atoms with E-state index in [4.69, 9.17) is 0 Å². The highest BCUT2D eigenvalue weighted by atomic mass is 35.5. The SMILES string of the molecule is CN(C)S(=O)(=O)c1cccc(CSC2=NCC(C)(C)CN2)c1.Cl. The van der Waals surface area contributed by atoms with Gasteiger partial charge in [-0.25, -0.2) is 12.7 Å². The normalized spacial score (nSPS) is 17.2. The molecule has 0 saturated heterocycles. The second-order valence-corrected chi connectivity index (χ2v) is 9.48. The average Bonchev–Trinajstić information content (AvgIpc) is 2.46. The number of amidine groups is 1. The second-order valence-electron chi connectivity index (χ2n) is 6.36. The van der Waals surface area contributed by atoms with Crippen LogP contribution in [0.15, 0.2) is 34.2 Å². The van der Waals surface area contributed by atoms with Gasteiger partial charge in [0, 0.05) is 38.4 Å². The van der Waals surface area contributed by atoms with Crippen LogP contribution in [0.3, 0.4) is 0 Å². The van der Waals surface area contributed by atoms with Gasteiger partial charge in [0.2, 0.25) is 10.0 Å². The molecule has 0 radical (unpaired) electrons. The number of aliphatic imine (C=N–C) groups is 1. The molecule has 0 atom stereocenters. The third kappa shape index (κ3) is 5.38. The summed E-state index contributed by atoms with van der Waals surface area (Å²) in [6, 6.07) is 7.08. The van der Waals surface area contributed by atoms with Crippen molar-refractivity contribution >= 4 is 39.4 Å². The number of hydrogen-bond donors (Lipinski definition) is 1. The van der Waals surface area contributed by atoms with Crippen molar-refractivity contribution in [3.8, 4) is 0 Å². The Morgan fingerprint density at radius 2 is 2.04 bits per heavy atom. The number of hydrogen-bond acceptors (Lipinski definition) is 5. The third-order valence-corrected chi connectivity index (χ3v) is 6.26. The van der Waals surface area contributed by atoms with Gasteiger partial charge in [-0.05, 0) is 17.7 Å². The van der Waals surface area contributed by atoms with E-state index in [-0.39, 0.29) is 17.8 Å². The molecule has 0 aliphatic carbocycles. The molecule has 130 valence electrons. The summed E-state index contributed by atoms with van der Waals surface area (Å²) in [5, 5.41) is 4.26. The van der Waals surface area contributed by atoms with Gasteiger partial charge in [-0.3, -0.25) is 4.99 Å². The smallest absolute Gasteiger partial charge is 0.242 e. The van der Waals surface area contributed by atoms with Crippen molar-refractivity contribution in [3.63, 3.8) is 0 Å². The van der Waals surface area contributed by atoms with Crippen LogP contribution in [-0.2, 0) is 15.8 Å². The molecular weight excluding hydrogens is 354 g/mol. The number of nitrogens with zero attached hydrogens (tertiary/aromatic N) is 2. The molecule has 0 fully saturated rings. The monoisotopic (exact) mass is 377 g/mol. The van der Waals surface area contributed by atoms with Gasteiger partial charge in [0.05, 0.1) is 4.90 Å². The molecule has 1 aromatic rings. The Labute approximate surface area is 149 Å². The molecule has 23 heavy (non-hydrogen) atoms. The van der Waals surface area contributed by atoms with Gasteiger partial charge in [-0.1, -0.05) is 37.7 Å². The highest BCUT2D eigenvalue weighted by molar-refractivity contribution is 8.13. The molecular formula is C15H24ClN3O2S2. The first-order chi connectivity index (χ1) is 10.2. The van der Waals surface area contributed by atoms with Gasteiger partial charge in [0.25, 0.3) is 0 Å². The molecule has 1 aliphatic heterocycles. The second kappa shape index (κ2) is 7.88. The quantitative estimate of drug-likeness (QED) is 0.875. The van der Waals surface area contributed by atoms with Crippen LogP contribution in [0.1, 0.15) is 19.4 Å². The third-order valence-electron chi connectivity index (χ3n) is 3.42. The lowest BCUT2D eigenvalue weighted by atomic mass is 9.93. The van der Waals surface area contributed by atoms with E-state index in [0.717, 1.165) is 23.8 Å². The van der Waals surface area contributed by atoms with E-state index in [1.807, 2.05) is 6.07 Å². The molecule has 0 amide bonds. The Morgan fingerprint density at radius 1 is 1.35 bits per heavy atom. The zero-order chi connectivity index (χ0) is 16.4. The summed E-state index contributed by atoms with van der Waals surface area (Å²) in [6.45, 7) is 6.09. The fourth-order valence-electron chi connectivity index (χ4n) is 1.97. The maximum absolute atomic E-state index is 12.1. The minimum Gasteiger partial charge on any atom is -0.364 e. The molecule has 1 N–H and O–H groups in total. The molecule has 0 aromatic heterocycles. The van der Waals surface area contributed by atoms with Crippen LogP contribution >= 0.6 is 24.2 Å². The number of nitrogens with one attached hydrogen (secondary N) is 1. The summed E-state index contributed by atoms with van der Waals surface area (Å²) in [5.41, 5.74) is 1.17. The van der Waals surface area contributed by atoms with E-state index in [2.05, 4.69) is 24.2 Å². The number of benzene rings is 1. The molecule has 0 spiro atoms. The highest BCUT2D eigenvalue weighted by Crippen LogP contribution is 2.23. The van der Waals surface area contributed by atoms with Crippen molar-refractivity contribution in [2.45, 2.75) is 24.5 Å². The van der Waals surface area contributed by atoms with Gasteiger partial charge in [-0.2, -0.15) is 0 Å². The summed E-state index contributed by atoms with van der Waals surface area (Å²) in [6.07, 6.45) is 0. The molecule has 1 aliphatic rings. The number of sulfonamides is 1. The van der Waals surface area contributed by atoms with E-state index in [1.165, 1.54) is 4.31 Å². The van der Waals surface area contributed by atoms with Crippen LogP contribution in [0.2, 0.25) is 0 Å². The summed E-state index contributed by atoms with van der Waals surface area (Å²) in [5.74, 6) is 0.697. The first-order valence-corrected chi connectivity index (χ1v) is 9.56. The van der Waals surface area contributed by atoms with Crippen molar-refractivity contribution in [2.75, 3.05) is 27.2 Å². The van der Waals surface area contributed by atoms with Gasteiger partial charge >= 0.3 is 0 Å². The summed E-state index contributed by atoms with van der Waals surface area (Å²) < 4.78 is 25.5. The lowest BCUT2D eigenvalue weighted by Crippen LogP contribution is -2.39. The van der Waals surface area contributed by atoms with E-state index in [9.17, 15) is 8.42 Å². The molecule has 0 unspecified atom stereocenters. The van der Waals surface area contributed by atoms with Gasteiger partial charge in [0.15, 0.2) is 5.17 Å². The average molecular weight is 378 g/mol. The predicted molar refractivity (Wildman–Crippen MR) is 99.9 cm³/mol. The Hall–Kier alpha value is -0.760. The molecule has 1 heterocycles. The Morgan fingerprint density at radius 3 is 2.61 bits per heavy atom. The zero-order valence-electron chi connectivity index (χ0n) is 13.9. The molecule has 5 nitrogen and oxygen atoms in total. The largest absolute Gasteiger partial charge is 0.364 e. The minimum atomic E-state index is -3.38. The molecule has 1 aromatic carbocycles. The Bertz CT molecular complexity index is 673.